The number of rotatable bonds is 5. The van der Waals surface area contributed by atoms with E-state index in [9.17, 15) is 14.4 Å². The molecule has 5 heteroatoms. The first kappa shape index (κ1) is 18.8. The summed E-state index contributed by atoms with van der Waals surface area (Å²) in [6, 6.07) is 14.6. The fourth-order valence-electron chi connectivity index (χ4n) is 3.27. The molecule has 5 nitrogen and oxygen atoms in total. The van der Waals surface area contributed by atoms with Crippen LogP contribution in [0.15, 0.2) is 48.5 Å². The van der Waals surface area contributed by atoms with Crippen molar-refractivity contribution in [1.29, 1.82) is 0 Å². The molecule has 0 bridgehead atoms. The largest absolute Gasteiger partial charge is 0.454 e. The average Bonchev–Trinajstić information content (AvgIpc) is 3.05. The molecule has 0 N–H and O–H groups in total. The van der Waals surface area contributed by atoms with Crippen molar-refractivity contribution >= 4 is 23.3 Å². The monoisotopic (exact) mass is 365 g/mol. The van der Waals surface area contributed by atoms with Crippen LogP contribution in [0, 0.1) is 19.8 Å². The van der Waals surface area contributed by atoms with Crippen LogP contribution in [0.3, 0.4) is 0 Å². The van der Waals surface area contributed by atoms with Gasteiger partial charge in [-0.3, -0.25) is 14.4 Å². The van der Waals surface area contributed by atoms with Crippen LogP contribution in [0.1, 0.15) is 34.8 Å². The minimum absolute atomic E-state index is 0.0957. The van der Waals surface area contributed by atoms with Gasteiger partial charge in [-0.25, -0.2) is 0 Å². The summed E-state index contributed by atoms with van der Waals surface area (Å²) in [5.41, 5.74) is 3.35. The fourth-order valence-corrected chi connectivity index (χ4v) is 3.27. The Hall–Kier alpha value is -2.95. The van der Waals surface area contributed by atoms with Crippen molar-refractivity contribution in [1.82, 2.24) is 0 Å². The lowest BCUT2D eigenvalue weighted by Gasteiger charge is -2.20. The molecule has 1 aliphatic heterocycles. The van der Waals surface area contributed by atoms with Gasteiger partial charge in [0.2, 0.25) is 11.7 Å². The van der Waals surface area contributed by atoms with Crippen LogP contribution in [0.5, 0.6) is 0 Å². The maximum absolute atomic E-state index is 12.5. The van der Waals surface area contributed by atoms with Gasteiger partial charge in [0.25, 0.3) is 0 Å². The lowest BCUT2D eigenvalue weighted by molar-refractivity contribution is -0.151. The Labute approximate surface area is 158 Å². The first-order valence-corrected chi connectivity index (χ1v) is 9.04. The number of ketones is 1. The Kier molecular flexibility index (Phi) is 5.40. The minimum Gasteiger partial charge on any atom is -0.454 e. The van der Waals surface area contributed by atoms with E-state index in [1.54, 1.807) is 36.1 Å². The van der Waals surface area contributed by atoms with Crippen molar-refractivity contribution in [2.75, 3.05) is 11.4 Å². The number of anilines is 1. The Balaban J connectivity index is 1.67. The molecule has 3 rings (SSSR count). The Morgan fingerprint density at radius 1 is 1.11 bits per heavy atom. The van der Waals surface area contributed by atoms with E-state index in [2.05, 4.69) is 0 Å². The van der Waals surface area contributed by atoms with Gasteiger partial charge in [0.05, 0.1) is 5.92 Å². The number of esters is 1. The lowest BCUT2D eigenvalue weighted by atomic mass is 10.1. The third kappa shape index (κ3) is 4.08. The summed E-state index contributed by atoms with van der Waals surface area (Å²) in [6.07, 6.45) is -0.789. The number of hydrogen-bond acceptors (Lipinski definition) is 4. The van der Waals surface area contributed by atoms with E-state index in [-0.39, 0.29) is 24.7 Å². The van der Waals surface area contributed by atoms with Crippen molar-refractivity contribution < 1.29 is 19.1 Å². The second-order valence-corrected chi connectivity index (χ2v) is 7.00. The number of carbonyl (C=O) groups excluding carboxylic acids is 3. The summed E-state index contributed by atoms with van der Waals surface area (Å²) >= 11 is 0. The smallest absolute Gasteiger partial charge is 0.312 e. The number of ether oxygens (including phenoxy) is 1. The number of aryl methyl sites for hydroxylation is 2. The molecule has 1 heterocycles. The molecular formula is C22H23NO4. The molecule has 1 amide bonds. The van der Waals surface area contributed by atoms with Crippen LogP contribution in [-0.2, 0) is 14.3 Å². The zero-order chi connectivity index (χ0) is 19.6. The molecule has 0 unspecified atom stereocenters. The molecule has 1 saturated heterocycles. The molecule has 0 aromatic heterocycles. The third-order valence-electron chi connectivity index (χ3n) is 4.83. The molecular weight excluding hydrogens is 342 g/mol. The summed E-state index contributed by atoms with van der Waals surface area (Å²) in [5, 5.41) is 0. The Morgan fingerprint density at radius 3 is 2.52 bits per heavy atom. The molecule has 0 aliphatic carbocycles. The quantitative estimate of drug-likeness (QED) is 0.601. The number of nitrogens with zero attached hydrogens (tertiary/aromatic N) is 1. The summed E-state index contributed by atoms with van der Waals surface area (Å²) in [5.74, 6) is -1.43. The van der Waals surface area contributed by atoms with Crippen LogP contribution in [-0.4, -0.2) is 30.3 Å². The van der Waals surface area contributed by atoms with Crippen molar-refractivity contribution in [2.45, 2.75) is 33.3 Å². The summed E-state index contributed by atoms with van der Waals surface area (Å²) in [4.78, 5) is 39.0. The molecule has 140 valence electrons. The predicted octanol–water partition coefficient (Wildman–Crippen LogP) is 3.47. The van der Waals surface area contributed by atoms with Gasteiger partial charge in [-0.2, -0.15) is 0 Å². The maximum atomic E-state index is 12.5. The fraction of sp³-hybridized carbons (Fsp3) is 0.318. The second kappa shape index (κ2) is 7.74. The molecule has 27 heavy (non-hydrogen) atoms. The topological polar surface area (TPSA) is 63.7 Å². The van der Waals surface area contributed by atoms with E-state index in [4.69, 9.17) is 4.74 Å². The van der Waals surface area contributed by atoms with E-state index in [1.807, 2.05) is 38.1 Å². The SMILES string of the molecule is Cc1ccc(C)c(N2C[C@@H](C(=O)O[C@H](C)C(=O)c3ccccc3)CC2=O)c1. The van der Waals surface area contributed by atoms with E-state index in [0.29, 0.717) is 5.56 Å². The minimum atomic E-state index is -0.884. The van der Waals surface area contributed by atoms with Crippen LogP contribution < -0.4 is 4.90 Å². The van der Waals surface area contributed by atoms with Crippen LogP contribution in [0.4, 0.5) is 5.69 Å². The molecule has 2 aromatic carbocycles. The highest BCUT2D eigenvalue weighted by Crippen LogP contribution is 2.29. The predicted molar refractivity (Wildman–Crippen MR) is 103 cm³/mol. The summed E-state index contributed by atoms with van der Waals surface area (Å²) in [6.45, 7) is 5.74. The number of carbonyl (C=O) groups is 3. The van der Waals surface area contributed by atoms with Gasteiger partial charge in [0.1, 0.15) is 0 Å². The Bertz CT molecular complexity index is 875. The van der Waals surface area contributed by atoms with Crippen molar-refractivity contribution in [3.8, 4) is 0 Å². The highest BCUT2D eigenvalue weighted by molar-refractivity contribution is 6.02. The highest BCUT2D eigenvalue weighted by atomic mass is 16.5. The normalized spacial score (nSPS) is 17.7. The van der Waals surface area contributed by atoms with Crippen LogP contribution >= 0.6 is 0 Å². The number of benzene rings is 2. The van der Waals surface area contributed by atoms with Crippen molar-refractivity contribution in [2.24, 2.45) is 5.92 Å². The molecule has 0 spiro atoms. The van der Waals surface area contributed by atoms with E-state index >= 15 is 0 Å². The van der Waals surface area contributed by atoms with Crippen LogP contribution in [0.2, 0.25) is 0 Å². The molecule has 0 radical (unpaired) electrons. The van der Waals surface area contributed by atoms with Gasteiger partial charge in [-0.05, 0) is 38.0 Å². The number of Topliss-reactive ketones (excluding diaryl/α,β-unsaturated/α-hetero) is 1. The first-order valence-electron chi connectivity index (χ1n) is 9.04. The average molecular weight is 365 g/mol. The zero-order valence-corrected chi connectivity index (χ0v) is 15.8. The van der Waals surface area contributed by atoms with Gasteiger partial charge in [0.15, 0.2) is 6.10 Å². The van der Waals surface area contributed by atoms with Crippen molar-refractivity contribution in [3.05, 3.63) is 65.2 Å². The van der Waals surface area contributed by atoms with E-state index < -0.39 is 18.0 Å². The zero-order valence-electron chi connectivity index (χ0n) is 15.8. The van der Waals surface area contributed by atoms with Gasteiger partial charge in [-0.1, -0.05) is 42.5 Å². The number of amides is 1. The van der Waals surface area contributed by atoms with Gasteiger partial charge < -0.3 is 9.64 Å². The molecule has 2 aromatic rings. The third-order valence-corrected chi connectivity index (χ3v) is 4.83. The van der Waals surface area contributed by atoms with Gasteiger partial charge >= 0.3 is 5.97 Å². The molecule has 1 fully saturated rings. The van der Waals surface area contributed by atoms with E-state index in [1.165, 1.54) is 0 Å². The van der Waals surface area contributed by atoms with Crippen LogP contribution in [0.25, 0.3) is 0 Å². The summed E-state index contributed by atoms with van der Waals surface area (Å²) in [7, 11) is 0. The Morgan fingerprint density at radius 2 is 1.81 bits per heavy atom. The van der Waals surface area contributed by atoms with E-state index in [0.717, 1.165) is 16.8 Å². The molecule has 0 saturated carbocycles. The molecule has 2 atom stereocenters. The highest BCUT2D eigenvalue weighted by Gasteiger charge is 2.37. The van der Waals surface area contributed by atoms with Gasteiger partial charge in [-0.15, -0.1) is 0 Å². The number of hydrogen-bond donors (Lipinski definition) is 0. The second-order valence-electron chi connectivity index (χ2n) is 7.00. The summed E-state index contributed by atoms with van der Waals surface area (Å²) < 4.78 is 5.37. The first-order chi connectivity index (χ1) is 12.9. The van der Waals surface area contributed by atoms with Gasteiger partial charge in [0, 0.05) is 24.2 Å². The maximum Gasteiger partial charge on any atom is 0.312 e. The standard InChI is InChI=1S/C22H23NO4/c1-14-9-10-15(2)19(11-14)23-13-18(12-20(23)24)22(26)27-16(3)21(25)17-7-5-4-6-8-17/h4-11,16,18H,12-13H2,1-3H3/t16-,18+/m1/s1. The lowest BCUT2D eigenvalue weighted by Crippen LogP contribution is -2.30. The van der Waals surface area contributed by atoms with Crippen molar-refractivity contribution in [3.63, 3.8) is 0 Å². The molecule has 1 aliphatic rings.